The number of urea groups is 1. The van der Waals surface area contributed by atoms with Crippen LogP contribution in [0, 0.1) is 19.8 Å². The topological polar surface area (TPSA) is 110 Å². The van der Waals surface area contributed by atoms with Gasteiger partial charge in [-0.15, -0.1) is 0 Å². The second-order valence-electron chi connectivity index (χ2n) is 8.11. The molecule has 1 aromatic carbocycles. The number of aromatic nitrogens is 2. The number of hydrazine groups is 1. The summed E-state index contributed by atoms with van der Waals surface area (Å²) in [7, 11) is 1.72. The zero-order valence-corrected chi connectivity index (χ0v) is 18.4. The number of hydrogen-bond acceptors (Lipinski definition) is 4. The van der Waals surface area contributed by atoms with Crippen LogP contribution >= 0.6 is 0 Å². The van der Waals surface area contributed by atoms with E-state index in [2.05, 4.69) is 10.4 Å². The molecule has 0 fully saturated rings. The largest absolute Gasteiger partial charge is 0.350 e. The highest BCUT2D eigenvalue weighted by Crippen LogP contribution is 2.28. The van der Waals surface area contributed by atoms with Gasteiger partial charge in [0.2, 0.25) is 5.91 Å². The standard InChI is InChI=1S/C23H27N5O3/c1-13(2)8-21(29)26-28(23(24)31)17-7-6-14(3)18(11-17)19-10-16-12-25-15(4)9-20(16)27(5)22(19)30/h6-7,9-13H,8H2,1-5H3,(H2,24,31)(H,26,29). The molecule has 2 aromatic heterocycles. The minimum Gasteiger partial charge on any atom is -0.350 e. The number of primary amides is 1. The van der Waals surface area contributed by atoms with E-state index in [9.17, 15) is 14.4 Å². The number of rotatable bonds is 4. The monoisotopic (exact) mass is 421 g/mol. The van der Waals surface area contributed by atoms with Crippen molar-refractivity contribution in [2.75, 3.05) is 5.01 Å². The fraction of sp³-hybridized carbons (Fsp3) is 0.304. The summed E-state index contributed by atoms with van der Waals surface area (Å²) in [6.45, 7) is 7.56. The third kappa shape index (κ3) is 4.58. The Labute approximate surface area is 180 Å². The minimum atomic E-state index is -0.821. The molecule has 0 spiro atoms. The lowest BCUT2D eigenvalue weighted by Gasteiger charge is -2.23. The van der Waals surface area contributed by atoms with Crippen molar-refractivity contribution in [3.63, 3.8) is 0 Å². The number of carbonyl (C=O) groups is 2. The van der Waals surface area contributed by atoms with Crippen LogP contribution in [0.5, 0.6) is 0 Å². The Morgan fingerprint density at radius 2 is 1.87 bits per heavy atom. The first-order valence-corrected chi connectivity index (χ1v) is 10.0. The van der Waals surface area contributed by atoms with Crippen molar-refractivity contribution in [3.8, 4) is 11.1 Å². The summed E-state index contributed by atoms with van der Waals surface area (Å²) in [5.41, 5.74) is 11.8. The van der Waals surface area contributed by atoms with E-state index < -0.39 is 6.03 Å². The zero-order valence-electron chi connectivity index (χ0n) is 18.4. The Kier molecular flexibility index (Phi) is 6.10. The van der Waals surface area contributed by atoms with Crippen LogP contribution in [0.1, 0.15) is 31.5 Å². The zero-order chi connectivity index (χ0) is 22.9. The number of hydrogen-bond donors (Lipinski definition) is 2. The number of nitrogens with one attached hydrogen (secondary N) is 1. The molecule has 3 rings (SSSR count). The van der Waals surface area contributed by atoms with E-state index in [1.807, 2.05) is 33.8 Å². The van der Waals surface area contributed by atoms with Crippen LogP contribution in [0.2, 0.25) is 0 Å². The molecule has 8 heteroatoms. The van der Waals surface area contributed by atoms with Gasteiger partial charge < -0.3 is 10.3 Å². The van der Waals surface area contributed by atoms with E-state index in [4.69, 9.17) is 5.73 Å². The highest BCUT2D eigenvalue weighted by molar-refractivity contribution is 5.95. The molecule has 2 heterocycles. The molecule has 0 aliphatic rings. The van der Waals surface area contributed by atoms with Gasteiger partial charge in [0.05, 0.1) is 11.2 Å². The fourth-order valence-electron chi connectivity index (χ4n) is 3.49. The first-order valence-electron chi connectivity index (χ1n) is 10.0. The molecule has 0 aliphatic heterocycles. The number of aryl methyl sites for hydroxylation is 3. The van der Waals surface area contributed by atoms with Crippen molar-refractivity contribution in [2.45, 2.75) is 34.1 Å². The number of benzene rings is 1. The molecule has 3 N–H and O–H groups in total. The summed E-state index contributed by atoms with van der Waals surface area (Å²) in [4.78, 5) is 41.7. The molecule has 3 amide bonds. The summed E-state index contributed by atoms with van der Waals surface area (Å²) in [5.74, 6) is -0.194. The maximum atomic E-state index is 13.1. The van der Waals surface area contributed by atoms with Gasteiger partial charge in [-0.05, 0) is 55.2 Å². The maximum Gasteiger partial charge on any atom is 0.338 e. The second kappa shape index (κ2) is 8.59. The highest BCUT2D eigenvalue weighted by atomic mass is 16.2. The van der Waals surface area contributed by atoms with E-state index in [0.717, 1.165) is 27.2 Å². The SMILES string of the molecule is Cc1cc2c(cn1)cc(-c1cc(N(NC(=O)CC(C)C)C(N)=O)ccc1C)c(=O)n2C. The van der Waals surface area contributed by atoms with Crippen molar-refractivity contribution >= 4 is 28.5 Å². The van der Waals surface area contributed by atoms with Crippen molar-refractivity contribution in [3.05, 3.63) is 58.1 Å². The average molecular weight is 422 g/mol. The maximum absolute atomic E-state index is 13.1. The van der Waals surface area contributed by atoms with Gasteiger partial charge in [-0.2, -0.15) is 0 Å². The number of carbonyl (C=O) groups excluding carboxylic acids is 2. The third-order valence-corrected chi connectivity index (χ3v) is 5.06. The van der Waals surface area contributed by atoms with Crippen molar-refractivity contribution in [1.29, 1.82) is 0 Å². The van der Waals surface area contributed by atoms with E-state index in [1.54, 1.807) is 42.1 Å². The molecule has 0 saturated carbocycles. The molecular formula is C23H27N5O3. The van der Waals surface area contributed by atoms with Gasteiger partial charge >= 0.3 is 6.03 Å². The summed E-state index contributed by atoms with van der Waals surface area (Å²) < 4.78 is 1.59. The molecule has 0 radical (unpaired) electrons. The Morgan fingerprint density at radius 3 is 2.52 bits per heavy atom. The molecule has 162 valence electrons. The number of fused-ring (bicyclic) bond motifs is 1. The molecule has 31 heavy (non-hydrogen) atoms. The second-order valence-corrected chi connectivity index (χ2v) is 8.11. The Hall–Kier alpha value is -3.68. The predicted octanol–water partition coefficient (Wildman–Crippen LogP) is 3.18. The van der Waals surface area contributed by atoms with Crippen LogP contribution in [-0.2, 0) is 11.8 Å². The van der Waals surface area contributed by atoms with Crippen LogP contribution in [0.25, 0.3) is 22.0 Å². The lowest BCUT2D eigenvalue weighted by Crippen LogP contribution is -2.49. The molecule has 0 atom stereocenters. The quantitative estimate of drug-likeness (QED) is 0.630. The molecule has 3 aromatic rings. The Morgan fingerprint density at radius 1 is 1.16 bits per heavy atom. The smallest absolute Gasteiger partial charge is 0.338 e. The van der Waals surface area contributed by atoms with Gasteiger partial charge in [0.25, 0.3) is 5.56 Å². The van der Waals surface area contributed by atoms with Gasteiger partial charge in [0, 0.05) is 36.3 Å². The molecule has 0 aliphatic carbocycles. The van der Waals surface area contributed by atoms with Gasteiger partial charge in [-0.25, -0.2) is 9.80 Å². The average Bonchev–Trinajstić information content (AvgIpc) is 2.69. The molecular weight excluding hydrogens is 394 g/mol. The number of nitrogens with zero attached hydrogens (tertiary/aromatic N) is 3. The van der Waals surface area contributed by atoms with Gasteiger partial charge in [-0.3, -0.25) is 20.0 Å². The summed E-state index contributed by atoms with van der Waals surface area (Å²) in [6, 6.07) is 7.98. The van der Waals surface area contributed by atoms with Crippen molar-refractivity contribution in [1.82, 2.24) is 15.0 Å². The summed E-state index contributed by atoms with van der Waals surface area (Å²) in [6.07, 6.45) is 1.98. The number of anilines is 1. The Balaban J connectivity index is 2.12. The first kappa shape index (κ1) is 22.0. The van der Waals surface area contributed by atoms with Crippen LogP contribution < -0.4 is 21.7 Å². The molecule has 0 unspecified atom stereocenters. The predicted molar refractivity (Wildman–Crippen MR) is 122 cm³/mol. The van der Waals surface area contributed by atoms with Gasteiger partial charge in [0.1, 0.15) is 0 Å². The number of pyridine rings is 2. The van der Waals surface area contributed by atoms with E-state index in [1.165, 1.54) is 0 Å². The normalized spacial score (nSPS) is 11.0. The van der Waals surface area contributed by atoms with E-state index >= 15 is 0 Å². The minimum absolute atomic E-state index is 0.126. The van der Waals surface area contributed by atoms with Gasteiger partial charge in [0.15, 0.2) is 0 Å². The van der Waals surface area contributed by atoms with Crippen LogP contribution in [0.3, 0.4) is 0 Å². The highest BCUT2D eigenvalue weighted by Gasteiger charge is 2.19. The van der Waals surface area contributed by atoms with Crippen molar-refractivity contribution in [2.24, 2.45) is 18.7 Å². The third-order valence-electron chi connectivity index (χ3n) is 5.06. The lowest BCUT2D eigenvalue weighted by molar-refractivity contribution is -0.121. The lowest BCUT2D eigenvalue weighted by atomic mass is 9.99. The summed E-state index contributed by atoms with van der Waals surface area (Å²) >= 11 is 0. The summed E-state index contributed by atoms with van der Waals surface area (Å²) in [5, 5.41) is 1.83. The van der Waals surface area contributed by atoms with Crippen LogP contribution in [-0.4, -0.2) is 21.5 Å². The Bertz CT molecular complexity index is 1230. The number of nitrogens with two attached hydrogens (primary N) is 1. The molecule has 8 nitrogen and oxygen atoms in total. The van der Waals surface area contributed by atoms with Crippen LogP contribution in [0.15, 0.2) is 41.3 Å². The first-order chi connectivity index (χ1) is 14.6. The van der Waals surface area contributed by atoms with Crippen molar-refractivity contribution < 1.29 is 9.59 Å². The van der Waals surface area contributed by atoms with E-state index in [0.29, 0.717) is 16.8 Å². The number of amides is 3. The molecule has 0 bridgehead atoms. The molecule has 0 saturated heterocycles. The van der Waals surface area contributed by atoms with Crippen LogP contribution in [0.4, 0.5) is 10.5 Å². The van der Waals surface area contributed by atoms with Gasteiger partial charge in [-0.1, -0.05) is 19.9 Å². The van der Waals surface area contributed by atoms with E-state index in [-0.39, 0.29) is 23.8 Å². The fourth-order valence-corrected chi connectivity index (χ4v) is 3.49.